The summed E-state index contributed by atoms with van der Waals surface area (Å²) in [5.41, 5.74) is 0. The zero-order chi connectivity index (χ0) is 9.84. The fourth-order valence-corrected chi connectivity index (χ4v) is 0.845. The molecule has 13 heavy (non-hydrogen) atoms. The topological polar surface area (TPSA) is 50.3 Å². The Morgan fingerprint density at radius 1 is 1.38 bits per heavy atom. The zero-order valence-electron chi connectivity index (χ0n) is 8.33. The van der Waals surface area contributed by atoms with Crippen LogP contribution < -0.4 is 15.0 Å². The van der Waals surface area contributed by atoms with Gasteiger partial charge in [0.2, 0.25) is 11.8 Å². The third-order valence-electron chi connectivity index (χ3n) is 1.56. The first-order valence-electron chi connectivity index (χ1n) is 3.95. The van der Waals surface area contributed by atoms with Crippen molar-refractivity contribution in [1.29, 1.82) is 0 Å². The molecule has 0 amide bonds. The van der Waals surface area contributed by atoms with E-state index in [-0.39, 0.29) is 0 Å². The minimum absolute atomic E-state index is 0.558. The van der Waals surface area contributed by atoms with Crippen molar-refractivity contribution in [3.8, 4) is 5.88 Å². The molecule has 0 saturated carbocycles. The average Bonchev–Trinajstić information content (AvgIpc) is 2.16. The van der Waals surface area contributed by atoms with Gasteiger partial charge in [0.15, 0.2) is 0 Å². The van der Waals surface area contributed by atoms with Crippen LogP contribution in [0.15, 0.2) is 6.07 Å². The van der Waals surface area contributed by atoms with Crippen LogP contribution in [0, 0.1) is 0 Å². The molecule has 1 aromatic rings. The summed E-state index contributed by atoms with van der Waals surface area (Å²) in [7, 11) is 7.16. The fourth-order valence-electron chi connectivity index (χ4n) is 0.845. The molecule has 0 atom stereocenters. The molecule has 0 aromatic carbocycles. The van der Waals surface area contributed by atoms with E-state index >= 15 is 0 Å². The molecule has 0 unspecified atom stereocenters. The van der Waals surface area contributed by atoms with E-state index in [2.05, 4.69) is 15.3 Å². The number of ether oxygens (including phenoxy) is 1. The Labute approximate surface area is 77.8 Å². The summed E-state index contributed by atoms with van der Waals surface area (Å²) in [6, 6.07) is 1.74. The summed E-state index contributed by atoms with van der Waals surface area (Å²) in [5, 5.41) is 2.94. The van der Waals surface area contributed by atoms with E-state index in [0.717, 1.165) is 5.82 Å². The number of aromatic nitrogens is 2. The molecule has 0 radical (unpaired) electrons. The van der Waals surface area contributed by atoms with Crippen molar-refractivity contribution in [3.05, 3.63) is 6.07 Å². The van der Waals surface area contributed by atoms with E-state index in [1.165, 1.54) is 0 Å². The molecule has 0 fully saturated rings. The van der Waals surface area contributed by atoms with Crippen LogP contribution in [0.4, 0.5) is 11.8 Å². The highest BCUT2D eigenvalue weighted by Gasteiger charge is 2.04. The van der Waals surface area contributed by atoms with E-state index in [9.17, 15) is 0 Å². The van der Waals surface area contributed by atoms with E-state index in [1.807, 2.05) is 19.0 Å². The van der Waals surface area contributed by atoms with Crippen LogP contribution in [0.5, 0.6) is 5.88 Å². The van der Waals surface area contributed by atoms with Crippen LogP contribution in [0.1, 0.15) is 0 Å². The SMILES string of the molecule is CNc1cc(OC)nc(N(C)C)n1. The Hall–Kier alpha value is -1.52. The van der Waals surface area contributed by atoms with Gasteiger partial charge in [-0.1, -0.05) is 0 Å². The Morgan fingerprint density at radius 2 is 2.08 bits per heavy atom. The predicted molar refractivity (Wildman–Crippen MR) is 52.5 cm³/mol. The van der Waals surface area contributed by atoms with Gasteiger partial charge in [-0.25, -0.2) is 0 Å². The molecule has 1 heterocycles. The van der Waals surface area contributed by atoms with Crippen molar-refractivity contribution >= 4 is 11.8 Å². The Balaban J connectivity index is 3.07. The van der Waals surface area contributed by atoms with Gasteiger partial charge in [-0.05, 0) is 0 Å². The van der Waals surface area contributed by atoms with Gasteiger partial charge in [-0.2, -0.15) is 9.97 Å². The maximum absolute atomic E-state index is 5.03. The fraction of sp³-hybridized carbons (Fsp3) is 0.500. The molecule has 1 rings (SSSR count). The van der Waals surface area contributed by atoms with Gasteiger partial charge in [0, 0.05) is 27.2 Å². The van der Waals surface area contributed by atoms with Gasteiger partial charge in [-0.3, -0.25) is 0 Å². The van der Waals surface area contributed by atoms with Gasteiger partial charge in [0.1, 0.15) is 5.82 Å². The second-order valence-corrected chi connectivity index (χ2v) is 2.74. The van der Waals surface area contributed by atoms with Gasteiger partial charge in [0.25, 0.3) is 0 Å². The van der Waals surface area contributed by atoms with E-state index in [1.54, 1.807) is 20.2 Å². The molecule has 0 aliphatic carbocycles. The summed E-state index contributed by atoms with van der Waals surface area (Å²) in [5.74, 6) is 1.93. The summed E-state index contributed by atoms with van der Waals surface area (Å²) < 4.78 is 5.03. The zero-order valence-corrected chi connectivity index (χ0v) is 8.33. The van der Waals surface area contributed by atoms with Crippen molar-refractivity contribution in [1.82, 2.24) is 9.97 Å². The van der Waals surface area contributed by atoms with Crippen molar-refractivity contribution in [2.24, 2.45) is 0 Å². The second-order valence-electron chi connectivity index (χ2n) is 2.74. The first-order valence-corrected chi connectivity index (χ1v) is 3.95. The van der Waals surface area contributed by atoms with Crippen LogP contribution in [-0.2, 0) is 0 Å². The maximum Gasteiger partial charge on any atom is 0.230 e. The minimum Gasteiger partial charge on any atom is -0.481 e. The third-order valence-corrected chi connectivity index (χ3v) is 1.56. The lowest BCUT2D eigenvalue weighted by molar-refractivity contribution is 0.397. The van der Waals surface area contributed by atoms with Crippen LogP contribution in [0.25, 0.3) is 0 Å². The quantitative estimate of drug-likeness (QED) is 0.741. The first kappa shape index (κ1) is 9.57. The minimum atomic E-state index is 0.558. The van der Waals surface area contributed by atoms with Crippen LogP contribution in [0.3, 0.4) is 0 Å². The molecular weight excluding hydrogens is 168 g/mol. The average molecular weight is 182 g/mol. The Bertz CT molecular complexity index is 265. The Morgan fingerprint density at radius 3 is 2.54 bits per heavy atom. The molecule has 72 valence electrons. The first-order chi connectivity index (χ1) is 6.17. The molecule has 5 heteroatoms. The van der Waals surface area contributed by atoms with Crippen LogP contribution in [-0.4, -0.2) is 38.2 Å². The van der Waals surface area contributed by atoms with E-state index in [0.29, 0.717) is 11.8 Å². The number of methoxy groups -OCH3 is 1. The van der Waals surface area contributed by atoms with Crippen LogP contribution >= 0.6 is 0 Å². The second kappa shape index (κ2) is 3.93. The molecular formula is C8H14N4O. The largest absolute Gasteiger partial charge is 0.481 e. The Kier molecular flexibility index (Phi) is 2.89. The van der Waals surface area contributed by atoms with Crippen molar-refractivity contribution in [3.63, 3.8) is 0 Å². The summed E-state index contributed by atoms with van der Waals surface area (Å²) >= 11 is 0. The maximum atomic E-state index is 5.03. The number of hydrogen-bond donors (Lipinski definition) is 1. The molecule has 0 saturated heterocycles. The van der Waals surface area contributed by atoms with Gasteiger partial charge < -0.3 is 15.0 Å². The van der Waals surface area contributed by atoms with Gasteiger partial charge in [-0.15, -0.1) is 0 Å². The van der Waals surface area contributed by atoms with E-state index < -0.39 is 0 Å². The molecule has 1 N–H and O–H groups in total. The molecule has 0 bridgehead atoms. The van der Waals surface area contributed by atoms with E-state index in [4.69, 9.17) is 4.74 Å². The molecule has 0 aliphatic heterocycles. The standard InChI is InChI=1S/C8H14N4O/c1-9-6-5-7(13-4)11-8(10-6)12(2)3/h5H,1-4H3,(H,9,10,11). The highest BCUT2D eigenvalue weighted by Crippen LogP contribution is 2.16. The molecule has 5 nitrogen and oxygen atoms in total. The van der Waals surface area contributed by atoms with Crippen molar-refractivity contribution in [2.75, 3.05) is 38.5 Å². The number of hydrogen-bond acceptors (Lipinski definition) is 5. The number of rotatable bonds is 3. The number of anilines is 2. The highest BCUT2D eigenvalue weighted by molar-refractivity contribution is 5.44. The van der Waals surface area contributed by atoms with Crippen molar-refractivity contribution < 1.29 is 4.74 Å². The summed E-state index contributed by atoms with van der Waals surface area (Å²) in [4.78, 5) is 10.2. The smallest absolute Gasteiger partial charge is 0.230 e. The lowest BCUT2D eigenvalue weighted by Gasteiger charge is -2.12. The monoisotopic (exact) mass is 182 g/mol. The third kappa shape index (κ3) is 2.21. The highest BCUT2D eigenvalue weighted by atomic mass is 16.5. The lowest BCUT2D eigenvalue weighted by Crippen LogP contribution is -2.13. The van der Waals surface area contributed by atoms with Gasteiger partial charge in [0.05, 0.1) is 7.11 Å². The predicted octanol–water partition coefficient (Wildman–Crippen LogP) is 0.593. The summed E-state index contributed by atoms with van der Waals surface area (Å²) in [6.45, 7) is 0. The van der Waals surface area contributed by atoms with Crippen LogP contribution in [0.2, 0.25) is 0 Å². The van der Waals surface area contributed by atoms with Gasteiger partial charge >= 0.3 is 0 Å². The van der Waals surface area contributed by atoms with Crippen molar-refractivity contribution in [2.45, 2.75) is 0 Å². The number of nitrogens with zero attached hydrogens (tertiary/aromatic N) is 3. The number of nitrogens with one attached hydrogen (secondary N) is 1. The lowest BCUT2D eigenvalue weighted by atomic mass is 10.5. The molecule has 1 aromatic heterocycles. The molecule has 0 aliphatic rings. The summed E-state index contributed by atoms with van der Waals surface area (Å²) in [6.07, 6.45) is 0. The molecule has 0 spiro atoms. The normalized spacial score (nSPS) is 9.54.